The van der Waals surface area contributed by atoms with Gasteiger partial charge in [0, 0.05) is 36.7 Å². The molecule has 2 aromatic carbocycles. The van der Waals surface area contributed by atoms with E-state index in [1.54, 1.807) is 0 Å². The van der Waals surface area contributed by atoms with Crippen LogP contribution >= 0.6 is 0 Å². The van der Waals surface area contributed by atoms with Gasteiger partial charge in [-0.05, 0) is 18.1 Å². The summed E-state index contributed by atoms with van der Waals surface area (Å²) >= 11 is 0. The lowest BCUT2D eigenvalue weighted by Crippen LogP contribution is -2.54. The number of anilines is 1. The molecular weight excluding hydrogens is 274 g/mol. The van der Waals surface area contributed by atoms with Gasteiger partial charge in [-0.2, -0.15) is 0 Å². The van der Waals surface area contributed by atoms with Crippen molar-refractivity contribution in [2.45, 2.75) is 37.5 Å². The summed E-state index contributed by atoms with van der Waals surface area (Å²) in [5.41, 5.74) is 1.73. The molecule has 1 aliphatic carbocycles. The third kappa shape index (κ3) is 1.97. The maximum absolute atomic E-state index is 12.3. The van der Waals surface area contributed by atoms with Gasteiger partial charge < -0.3 is 10.0 Å². The van der Waals surface area contributed by atoms with E-state index >= 15 is 0 Å². The van der Waals surface area contributed by atoms with Crippen molar-refractivity contribution in [1.82, 2.24) is 0 Å². The van der Waals surface area contributed by atoms with Crippen molar-refractivity contribution >= 4 is 11.5 Å². The van der Waals surface area contributed by atoms with Gasteiger partial charge >= 0.3 is 0 Å². The highest BCUT2D eigenvalue weighted by Crippen LogP contribution is 2.46. The molecule has 112 valence electrons. The smallest absolute Gasteiger partial charge is 0.169 e. The molecule has 1 heterocycles. The van der Waals surface area contributed by atoms with Crippen molar-refractivity contribution < 1.29 is 9.90 Å². The normalized spacial score (nSPS) is 26.7. The zero-order chi connectivity index (χ0) is 15.2. The Kier molecular flexibility index (Phi) is 3.05. The van der Waals surface area contributed by atoms with Crippen LogP contribution in [0.2, 0.25) is 0 Å². The first-order valence-electron chi connectivity index (χ1n) is 7.84. The molecular formula is C19H19NO2. The number of aliphatic hydroxyl groups is 1. The minimum atomic E-state index is -1.29. The molecule has 0 radical (unpaired) electrons. The van der Waals surface area contributed by atoms with E-state index in [4.69, 9.17) is 0 Å². The third-order valence-corrected chi connectivity index (χ3v) is 4.99. The summed E-state index contributed by atoms with van der Waals surface area (Å²) in [4.78, 5) is 14.6. The van der Waals surface area contributed by atoms with E-state index < -0.39 is 5.60 Å². The van der Waals surface area contributed by atoms with Gasteiger partial charge in [-0.25, -0.2) is 0 Å². The monoisotopic (exact) mass is 293 g/mol. The van der Waals surface area contributed by atoms with Crippen molar-refractivity contribution in [2.24, 2.45) is 0 Å². The molecule has 1 saturated carbocycles. The molecule has 1 aliphatic heterocycles. The van der Waals surface area contributed by atoms with Crippen molar-refractivity contribution in [3.05, 3.63) is 65.7 Å². The van der Waals surface area contributed by atoms with E-state index in [-0.39, 0.29) is 11.8 Å². The maximum atomic E-state index is 12.3. The SMILES string of the molecule is O=C1CC[C@@H]2C[C@@]1(O)c1ccccc1N2Cc1ccccc1. The van der Waals surface area contributed by atoms with E-state index in [0.717, 1.165) is 24.2 Å². The third-order valence-electron chi connectivity index (χ3n) is 4.99. The number of nitrogens with zero attached hydrogens (tertiary/aromatic N) is 1. The summed E-state index contributed by atoms with van der Waals surface area (Å²) in [5, 5.41) is 10.9. The van der Waals surface area contributed by atoms with Crippen LogP contribution < -0.4 is 4.90 Å². The van der Waals surface area contributed by atoms with E-state index in [9.17, 15) is 9.90 Å². The summed E-state index contributed by atoms with van der Waals surface area (Å²) in [6.45, 7) is 0.812. The molecule has 2 atom stereocenters. The standard InChI is InChI=1S/C19H19NO2/c21-18-11-10-15-12-19(18,22)16-8-4-5-9-17(16)20(15)13-14-6-2-1-3-7-14/h1-9,15,22H,10-13H2/t15-,19-/m1/s1. The predicted molar refractivity (Wildman–Crippen MR) is 85.6 cm³/mol. The van der Waals surface area contributed by atoms with E-state index in [0.29, 0.717) is 12.8 Å². The van der Waals surface area contributed by atoms with Gasteiger partial charge in [0.25, 0.3) is 0 Å². The van der Waals surface area contributed by atoms with Gasteiger partial charge in [-0.1, -0.05) is 48.5 Å². The molecule has 1 fully saturated rings. The first-order chi connectivity index (χ1) is 10.7. The second-order valence-electron chi connectivity index (χ2n) is 6.31. The number of benzene rings is 2. The van der Waals surface area contributed by atoms with Crippen LogP contribution in [0.15, 0.2) is 54.6 Å². The largest absolute Gasteiger partial charge is 0.377 e. The Balaban J connectivity index is 1.79. The second-order valence-corrected chi connectivity index (χ2v) is 6.31. The number of ketones is 1. The summed E-state index contributed by atoms with van der Waals surface area (Å²) in [7, 11) is 0. The molecule has 3 nitrogen and oxygen atoms in total. The van der Waals surface area contributed by atoms with Crippen LogP contribution in [0.3, 0.4) is 0 Å². The van der Waals surface area contributed by atoms with Gasteiger partial charge in [0.15, 0.2) is 11.4 Å². The van der Waals surface area contributed by atoms with E-state index in [1.165, 1.54) is 5.56 Å². The minimum absolute atomic E-state index is 0.0319. The van der Waals surface area contributed by atoms with Gasteiger partial charge in [-0.15, -0.1) is 0 Å². The van der Waals surface area contributed by atoms with Crippen molar-refractivity contribution in [2.75, 3.05) is 4.90 Å². The highest BCUT2D eigenvalue weighted by Gasteiger charge is 2.49. The summed E-state index contributed by atoms with van der Waals surface area (Å²) in [6, 6.07) is 18.4. The highest BCUT2D eigenvalue weighted by molar-refractivity contribution is 5.92. The maximum Gasteiger partial charge on any atom is 0.169 e. The summed E-state index contributed by atoms with van der Waals surface area (Å²) in [6.07, 6.45) is 1.79. The zero-order valence-electron chi connectivity index (χ0n) is 12.4. The van der Waals surface area contributed by atoms with Gasteiger partial charge in [0.05, 0.1) is 0 Å². The molecule has 0 unspecified atom stereocenters. The summed E-state index contributed by atoms with van der Waals surface area (Å²) < 4.78 is 0. The van der Waals surface area contributed by atoms with Crippen LogP contribution in [-0.2, 0) is 16.9 Å². The van der Waals surface area contributed by atoms with Crippen molar-refractivity contribution in [1.29, 1.82) is 0 Å². The topological polar surface area (TPSA) is 40.5 Å². The lowest BCUT2D eigenvalue weighted by Gasteiger charge is -2.48. The zero-order valence-corrected chi connectivity index (χ0v) is 12.4. The fraction of sp³-hybridized carbons (Fsp3) is 0.316. The number of rotatable bonds is 2. The van der Waals surface area contributed by atoms with Crippen LogP contribution in [0.4, 0.5) is 5.69 Å². The number of hydrogen-bond acceptors (Lipinski definition) is 3. The van der Waals surface area contributed by atoms with Crippen LogP contribution in [0, 0.1) is 0 Å². The first kappa shape index (κ1) is 13.5. The Hall–Kier alpha value is -2.13. The number of hydrogen-bond donors (Lipinski definition) is 1. The quantitative estimate of drug-likeness (QED) is 0.925. The fourth-order valence-electron chi connectivity index (χ4n) is 3.85. The Morgan fingerprint density at radius 1 is 1.09 bits per heavy atom. The molecule has 0 saturated heterocycles. The lowest BCUT2D eigenvalue weighted by molar-refractivity contribution is -0.143. The molecule has 0 spiro atoms. The molecule has 22 heavy (non-hydrogen) atoms. The van der Waals surface area contributed by atoms with Crippen molar-refractivity contribution in [3.63, 3.8) is 0 Å². The molecule has 2 aromatic rings. The predicted octanol–water partition coefficient (Wildman–Crippen LogP) is 3.02. The molecule has 0 amide bonds. The average molecular weight is 293 g/mol. The van der Waals surface area contributed by atoms with Crippen LogP contribution in [0.5, 0.6) is 0 Å². The molecule has 2 bridgehead atoms. The minimum Gasteiger partial charge on any atom is -0.377 e. The van der Waals surface area contributed by atoms with Gasteiger partial charge in [-0.3, -0.25) is 4.79 Å². The highest BCUT2D eigenvalue weighted by atomic mass is 16.3. The molecule has 0 aromatic heterocycles. The van der Waals surface area contributed by atoms with Gasteiger partial charge in [0.2, 0.25) is 0 Å². The lowest BCUT2D eigenvalue weighted by atomic mass is 9.72. The Bertz CT molecular complexity index is 712. The van der Waals surface area contributed by atoms with Crippen LogP contribution in [0.1, 0.15) is 30.4 Å². The van der Waals surface area contributed by atoms with Crippen molar-refractivity contribution in [3.8, 4) is 0 Å². The van der Waals surface area contributed by atoms with Crippen LogP contribution in [0.25, 0.3) is 0 Å². The number of Topliss-reactive ketones (excluding diaryl/α,β-unsaturated/α-hetero) is 1. The number of carbonyl (C=O) groups excluding carboxylic acids is 1. The Morgan fingerprint density at radius 3 is 2.64 bits per heavy atom. The Morgan fingerprint density at radius 2 is 1.82 bits per heavy atom. The molecule has 4 rings (SSSR count). The average Bonchev–Trinajstić information content (AvgIpc) is 2.56. The van der Waals surface area contributed by atoms with Crippen LogP contribution in [-0.4, -0.2) is 16.9 Å². The molecule has 2 aliphatic rings. The molecule has 1 N–H and O–H groups in total. The first-order valence-corrected chi connectivity index (χ1v) is 7.84. The number of para-hydroxylation sites is 1. The number of fused-ring (bicyclic) bond motifs is 4. The fourth-order valence-corrected chi connectivity index (χ4v) is 3.85. The van der Waals surface area contributed by atoms with E-state index in [2.05, 4.69) is 17.0 Å². The van der Waals surface area contributed by atoms with E-state index in [1.807, 2.05) is 42.5 Å². The van der Waals surface area contributed by atoms with Gasteiger partial charge in [0.1, 0.15) is 0 Å². The second kappa shape index (κ2) is 4.96. The Labute approximate surface area is 130 Å². The summed E-state index contributed by atoms with van der Waals surface area (Å²) in [5.74, 6) is -0.0319. The molecule has 3 heteroatoms. The number of carbonyl (C=O) groups is 1.